The van der Waals surface area contributed by atoms with Crippen molar-refractivity contribution in [3.05, 3.63) is 28.8 Å². The third-order valence-electron chi connectivity index (χ3n) is 3.01. The first-order valence-corrected chi connectivity index (χ1v) is 6.38. The predicted molar refractivity (Wildman–Crippen MR) is 77.0 cm³/mol. The largest absolute Gasteiger partial charge is 0.389 e. The number of hydrogen-bond acceptors (Lipinski definition) is 3. The molecule has 1 heterocycles. The van der Waals surface area contributed by atoms with Gasteiger partial charge in [0.05, 0.1) is 10.7 Å². The van der Waals surface area contributed by atoms with Gasteiger partial charge in [-0.1, -0.05) is 23.8 Å². The molecule has 0 aromatic heterocycles. The Hall–Kier alpha value is -1.33. The van der Waals surface area contributed by atoms with E-state index in [4.69, 9.17) is 29.6 Å². The van der Waals surface area contributed by atoms with Crippen LogP contribution in [0.3, 0.4) is 0 Å². The highest BCUT2D eigenvalue weighted by atomic mass is 35.5. The van der Waals surface area contributed by atoms with E-state index < -0.39 is 0 Å². The van der Waals surface area contributed by atoms with Crippen LogP contribution in [-0.4, -0.2) is 35.4 Å². The van der Waals surface area contributed by atoms with Crippen LogP contribution in [0.1, 0.15) is 12.0 Å². The van der Waals surface area contributed by atoms with Gasteiger partial charge in [-0.2, -0.15) is 0 Å². The molecule has 0 spiro atoms. The first-order chi connectivity index (χ1) is 8.49. The van der Waals surface area contributed by atoms with Crippen LogP contribution in [0.15, 0.2) is 18.2 Å². The Kier molecular flexibility index (Phi) is 3.73. The van der Waals surface area contributed by atoms with Gasteiger partial charge in [0.25, 0.3) is 0 Å². The summed E-state index contributed by atoms with van der Waals surface area (Å²) < 4.78 is 0. The molecule has 0 aliphatic carbocycles. The van der Waals surface area contributed by atoms with Gasteiger partial charge in [0.15, 0.2) is 0 Å². The van der Waals surface area contributed by atoms with Crippen LogP contribution >= 0.6 is 23.8 Å². The second-order valence-corrected chi connectivity index (χ2v) is 5.15. The van der Waals surface area contributed by atoms with E-state index in [0.29, 0.717) is 10.0 Å². The minimum absolute atomic E-state index is 0.0875. The molecule has 1 aromatic carbocycles. The van der Waals surface area contributed by atoms with E-state index in [-0.39, 0.29) is 11.9 Å². The summed E-state index contributed by atoms with van der Waals surface area (Å²) in [5.74, 6) is 0.0875. The van der Waals surface area contributed by atoms with Gasteiger partial charge >= 0.3 is 0 Å². The van der Waals surface area contributed by atoms with Crippen molar-refractivity contribution >= 4 is 40.4 Å². The maximum Gasteiger partial charge on any atom is 0.244 e. The fourth-order valence-corrected chi connectivity index (χ4v) is 2.29. The maximum atomic E-state index is 11.8. The topological polar surface area (TPSA) is 58.4 Å². The lowest BCUT2D eigenvalue weighted by Gasteiger charge is -2.15. The Morgan fingerprint density at radius 2 is 2.33 bits per heavy atom. The third-order valence-corrected chi connectivity index (χ3v) is 3.56. The summed E-state index contributed by atoms with van der Waals surface area (Å²) in [4.78, 5) is 13.8. The van der Waals surface area contributed by atoms with Crippen molar-refractivity contribution in [3.8, 4) is 0 Å². The number of nitrogens with zero attached hydrogens (tertiary/aromatic N) is 1. The second-order valence-electron chi connectivity index (χ2n) is 4.30. The molecule has 0 radical (unpaired) electrons. The van der Waals surface area contributed by atoms with Gasteiger partial charge < -0.3 is 16.0 Å². The molecule has 1 amide bonds. The number of carbonyl (C=O) groups excluding carboxylic acids is 1. The number of anilines is 1. The third kappa shape index (κ3) is 2.57. The summed E-state index contributed by atoms with van der Waals surface area (Å²) >= 11 is 11.0. The van der Waals surface area contributed by atoms with Crippen molar-refractivity contribution in [2.45, 2.75) is 12.5 Å². The molecule has 3 N–H and O–H groups in total. The lowest BCUT2D eigenvalue weighted by molar-refractivity contribution is -0.127. The van der Waals surface area contributed by atoms with E-state index in [2.05, 4.69) is 5.32 Å². The Bertz CT molecular complexity index is 506. The molecule has 1 saturated heterocycles. The number of likely N-dealkylation sites (tertiary alicyclic amines) is 1. The van der Waals surface area contributed by atoms with Gasteiger partial charge in [0.2, 0.25) is 5.91 Å². The number of thiocarbonyl (C=S) groups is 1. The quantitative estimate of drug-likeness (QED) is 0.828. The van der Waals surface area contributed by atoms with E-state index in [9.17, 15) is 4.79 Å². The molecule has 6 heteroatoms. The Balaban J connectivity index is 2.15. The Labute approximate surface area is 116 Å². The molecule has 2 rings (SSSR count). The summed E-state index contributed by atoms with van der Waals surface area (Å²) in [5, 5.41) is 3.66. The van der Waals surface area contributed by atoms with Gasteiger partial charge in [-0.15, -0.1) is 0 Å². The average molecular weight is 284 g/mol. The zero-order valence-electron chi connectivity index (χ0n) is 9.94. The first-order valence-electron chi connectivity index (χ1n) is 5.60. The molecular weight excluding hydrogens is 270 g/mol. The van der Waals surface area contributed by atoms with Crippen LogP contribution in [0.25, 0.3) is 0 Å². The summed E-state index contributed by atoms with van der Waals surface area (Å²) in [6.45, 7) is 0.763. The SMILES string of the molecule is CN1CCC(Nc2ccc(C(N)=S)cc2Cl)C1=O. The van der Waals surface area contributed by atoms with Crippen molar-refractivity contribution in [1.29, 1.82) is 0 Å². The summed E-state index contributed by atoms with van der Waals surface area (Å²) in [6.07, 6.45) is 0.780. The number of nitrogens with one attached hydrogen (secondary N) is 1. The van der Waals surface area contributed by atoms with Gasteiger partial charge in [-0.05, 0) is 24.6 Å². The van der Waals surface area contributed by atoms with Crippen LogP contribution < -0.4 is 11.1 Å². The summed E-state index contributed by atoms with van der Waals surface area (Å²) in [5.41, 5.74) is 6.97. The second kappa shape index (κ2) is 5.12. The van der Waals surface area contributed by atoms with Crippen molar-refractivity contribution in [2.75, 3.05) is 18.9 Å². The number of benzene rings is 1. The highest BCUT2D eigenvalue weighted by Gasteiger charge is 2.29. The van der Waals surface area contributed by atoms with E-state index >= 15 is 0 Å². The number of amides is 1. The summed E-state index contributed by atoms with van der Waals surface area (Å²) in [6, 6.07) is 5.08. The molecule has 1 aromatic rings. The standard InChI is InChI=1S/C12H14ClN3OS/c1-16-5-4-10(12(16)17)15-9-3-2-7(11(14)18)6-8(9)13/h2-3,6,10,15H,4-5H2,1H3,(H2,14,18). The molecular formula is C12H14ClN3OS. The monoisotopic (exact) mass is 283 g/mol. The Morgan fingerprint density at radius 3 is 2.83 bits per heavy atom. The van der Waals surface area contributed by atoms with Crippen molar-refractivity contribution < 1.29 is 4.79 Å². The molecule has 0 saturated carbocycles. The first kappa shape index (κ1) is 13.1. The molecule has 18 heavy (non-hydrogen) atoms. The van der Waals surface area contributed by atoms with E-state index in [1.165, 1.54) is 0 Å². The lowest BCUT2D eigenvalue weighted by Crippen LogP contribution is -2.31. The number of hydrogen-bond donors (Lipinski definition) is 2. The number of likely N-dealkylation sites (N-methyl/N-ethyl adjacent to an activating group) is 1. The molecule has 1 aliphatic rings. The Morgan fingerprint density at radius 1 is 1.61 bits per heavy atom. The highest BCUT2D eigenvalue weighted by Crippen LogP contribution is 2.25. The van der Waals surface area contributed by atoms with Gasteiger partial charge in [-0.25, -0.2) is 0 Å². The van der Waals surface area contributed by atoms with E-state index in [0.717, 1.165) is 24.2 Å². The average Bonchev–Trinajstić information content (AvgIpc) is 2.63. The molecule has 1 unspecified atom stereocenters. The number of rotatable bonds is 3. The normalized spacial score (nSPS) is 19.1. The van der Waals surface area contributed by atoms with Crippen LogP contribution in [0.2, 0.25) is 5.02 Å². The zero-order valence-corrected chi connectivity index (χ0v) is 11.5. The molecule has 96 valence electrons. The van der Waals surface area contributed by atoms with Crippen molar-refractivity contribution in [1.82, 2.24) is 4.90 Å². The predicted octanol–water partition coefficient (Wildman–Crippen LogP) is 1.62. The minimum Gasteiger partial charge on any atom is -0.389 e. The van der Waals surface area contributed by atoms with E-state index in [1.54, 1.807) is 30.1 Å². The van der Waals surface area contributed by atoms with Gasteiger partial charge in [0, 0.05) is 19.2 Å². The van der Waals surface area contributed by atoms with Gasteiger partial charge in [-0.3, -0.25) is 4.79 Å². The van der Waals surface area contributed by atoms with Crippen LogP contribution in [0.5, 0.6) is 0 Å². The lowest BCUT2D eigenvalue weighted by atomic mass is 10.2. The highest BCUT2D eigenvalue weighted by molar-refractivity contribution is 7.80. The maximum absolute atomic E-state index is 11.8. The smallest absolute Gasteiger partial charge is 0.244 e. The number of carbonyl (C=O) groups is 1. The molecule has 1 fully saturated rings. The molecule has 0 bridgehead atoms. The number of halogens is 1. The minimum atomic E-state index is -0.205. The fraction of sp³-hybridized carbons (Fsp3) is 0.333. The van der Waals surface area contributed by atoms with Crippen LogP contribution in [0.4, 0.5) is 5.69 Å². The van der Waals surface area contributed by atoms with E-state index in [1.807, 2.05) is 0 Å². The van der Waals surface area contributed by atoms with Gasteiger partial charge in [0.1, 0.15) is 11.0 Å². The molecule has 4 nitrogen and oxygen atoms in total. The van der Waals surface area contributed by atoms with Crippen molar-refractivity contribution in [2.24, 2.45) is 5.73 Å². The molecule has 1 aliphatic heterocycles. The summed E-state index contributed by atoms with van der Waals surface area (Å²) in [7, 11) is 1.79. The molecule has 1 atom stereocenters. The van der Waals surface area contributed by atoms with Crippen LogP contribution in [0, 0.1) is 0 Å². The zero-order chi connectivity index (χ0) is 13.3. The fourth-order valence-electron chi connectivity index (χ4n) is 1.93. The van der Waals surface area contributed by atoms with Crippen LogP contribution in [-0.2, 0) is 4.79 Å². The number of nitrogens with two attached hydrogens (primary N) is 1. The van der Waals surface area contributed by atoms with Crippen molar-refractivity contribution in [3.63, 3.8) is 0 Å².